The second-order valence-corrected chi connectivity index (χ2v) is 5.58. The van der Waals surface area contributed by atoms with Crippen molar-refractivity contribution in [2.45, 2.75) is 18.9 Å². The van der Waals surface area contributed by atoms with E-state index >= 15 is 0 Å². The van der Waals surface area contributed by atoms with Crippen molar-refractivity contribution in [1.82, 2.24) is 5.32 Å². The second kappa shape index (κ2) is 7.79. The minimum atomic E-state index is -0.818. The lowest BCUT2D eigenvalue weighted by Crippen LogP contribution is -2.45. The van der Waals surface area contributed by atoms with Crippen molar-refractivity contribution < 1.29 is 14.3 Å². The van der Waals surface area contributed by atoms with Crippen molar-refractivity contribution in [3.8, 4) is 0 Å². The van der Waals surface area contributed by atoms with E-state index in [1.807, 2.05) is 42.5 Å². The van der Waals surface area contributed by atoms with Crippen LogP contribution < -0.4 is 5.32 Å². The summed E-state index contributed by atoms with van der Waals surface area (Å²) in [5, 5.41) is 3.30. The van der Waals surface area contributed by atoms with Gasteiger partial charge in [-0.15, -0.1) is 0 Å². The Morgan fingerprint density at radius 1 is 1.00 bits per heavy atom. The molecule has 1 N–H and O–H groups in total. The Kier molecular flexibility index (Phi) is 5.77. The van der Waals surface area contributed by atoms with Gasteiger partial charge in [-0.25, -0.2) is 4.79 Å². The van der Waals surface area contributed by atoms with E-state index in [1.165, 1.54) is 14.0 Å². The smallest absolute Gasteiger partial charge is 0.329 e. The van der Waals surface area contributed by atoms with E-state index in [2.05, 4.69) is 5.32 Å². The summed E-state index contributed by atoms with van der Waals surface area (Å²) in [6, 6.07) is 15.9. The van der Waals surface area contributed by atoms with Crippen LogP contribution in [0.15, 0.2) is 54.6 Å². The molecule has 4 nitrogen and oxygen atoms in total. The van der Waals surface area contributed by atoms with Crippen molar-refractivity contribution in [2.24, 2.45) is 0 Å². The normalized spacial score (nSPS) is 13.0. The minimum absolute atomic E-state index is 0.296. The lowest BCUT2D eigenvalue weighted by atomic mass is 9.85. The van der Waals surface area contributed by atoms with Crippen LogP contribution in [0.5, 0.6) is 0 Å². The van der Waals surface area contributed by atoms with Gasteiger partial charge in [0.05, 0.1) is 7.11 Å². The highest BCUT2D eigenvalue weighted by atomic mass is 35.5. The molecular weight excluding hydrogens is 314 g/mol. The number of rotatable bonds is 5. The lowest BCUT2D eigenvalue weighted by molar-refractivity contribution is -0.145. The van der Waals surface area contributed by atoms with Crippen LogP contribution in [0.4, 0.5) is 0 Å². The molecule has 0 saturated carbocycles. The number of amides is 1. The van der Waals surface area contributed by atoms with Crippen LogP contribution in [0.2, 0.25) is 5.02 Å². The standard InChI is InChI=1S/C18H18ClNO3/c1-12(21)20-17(18(22)23-2)16(13-6-4-3-5-7-13)14-8-10-15(19)11-9-14/h3-11,16-17H,1-2H3,(H,20,21)/t16-,17+/m1/s1. The monoisotopic (exact) mass is 331 g/mol. The predicted octanol–water partition coefficient (Wildman–Crippen LogP) is 3.15. The molecule has 0 bridgehead atoms. The number of ether oxygens (including phenoxy) is 1. The predicted molar refractivity (Wildman–Crippen MR) is 89.4 cm³/mol. The molecule has 120 valence electrons. The number of carbonyl (C=O) groups excluding carboxylic acids is 2. The van der Waals surface area contributed by atoms with Gasteiger partial charge in [0.2, 0.25) is 5.91 Å². The van der Waals surface area contributed by atoms with E-state index in [9.17, 15) is 9.59 Å². The number of nitrogens with one attached hydrogen (secondary N) is 1. The molecule has 1 amide bonds. The first-order valence-corrected chi connectivity index (χ1v) is 7.56. The Balaban J connectivity index is 2.52. The summed E-state index contributed by atoms with van der Waals surface area (Å²) in [4.78, 5) is 23.8. The Labute approximate surface area is 140 Å². The molecule has 0 heterocycles. The van der Waals surface area contributed by atoms with Crippen LogP contribution in [0, 0.1) is 0 Å². The number of benzene rings is 2. The van der Waals surface area contributed by atoms with Gasteiger partial charge in [0, 0.05) is 17.9 Å². The number of methoxy groups -OCH3 is 1. The number of hydrogen-bond donors (Lipinski definition) is 1. The molecule has 0 aliphatic rings. The van der Waals surface area contributed by atoms with Gasteiger partial charge in [-0.05, 0) is 23.3 Å². The number of carbonyl (C=O) groups is 2. The van der Waals surface area contributed by atoms with E-state index < -0.39 is 12.0 Å². The van der Waals surface area contributed by atoms with Gasteiger partial charge < -0.3 is 10.1 Å². The summed E-state index contributed by atoms with van der Waals surface area (Å²) in [6.07, 6.45) is 0. The van der Waals surface area contributed by atoms with Gasteiger partial charge in [-0.3, -0.25) is 4.79 Å². The zero-order valence-corrected chi connectivity index (χ0v) is 13.7. The van der Waals surface area contributed by atoms with Crippen LogP contribution in [0.25, 0.3) is 0 Å². The van der Waals surface area contributed by atoms with E-state index in [0.29, 0.717) is 5.02 Å². The maximum atomic E-state index is 12.2. The zero-order chi connectivity index (χ0) is 16.8. The molecule has 0 spiro atoms. The van der Waals surface area contributed by atoms with Crippen LogP contribution in [0.1, 0.15) is 24.0 Å². The fourth-order valence-electron chi connectivity index (χ4n) is 2.53. The van der Waals surface area contributed by atoms with Crippen LogP contribution in [-0.2, 0) is 14.3 Å². The van der Waals surface area contributed by atoms with E-state index in [4.69, 9.17) is 16.3 Å². The average Bonchev–Trinajstić information content (AvgIpc) is 2.56. The maximum Gasteiger partial charge on any atom is 0.329 e. The zero-order valence-electron chi connectivity index (χ0n) is 13.0. The Morgan fingerprint density at radius 2 is 1.57 bits per heavy atom. The highest BCUT2D eigenvalue weighted by Crippen LogP contribution is 2.29. The Morgan fingerprint density at radius 3 is 2.09 bits per heavy atom. The van der Waals surface area contributed by atoms with Crippen molar-refractivity contribution in [2.75, 3.05) is 7.11 Å². The summed E-state index contributed by atoms with van der Waals surface area (Å²) in [6.45, 7) is 1.37. The molecule has 2 atom stereocenters. The van der Waals surface area contributed by atoms with Gasteiger partial charge in [0.25, 0.3) is 0 Å². The molecule has 0 aromatic heterocycles. The molecule has 0 saturated heterocycles. The number of halogens is 1. The first kappa shape index (κ1) is 17.0. The molecule has 0 aliphatic heterocycles. The number of hydrogen-bond acceptors (Lipinski definition) is 3. The quantitative estimate of drug-likeness (QED) is 0.856. The molecule has 2 aromatic carbocycles. The molecule has 0 fully saturated rings. The lowest BCUT2D eigenvalue weighted by Gasteiger charge is -2.26. The first-order chi connectivity index (χ1) is 11.0. The van der Waals surface area contributed by atoms with Gasteiger partial charge in [0.1, 0.15) is 6.04 Å². The van der Waals surface area contributed by atoms with Crippen LogP contribution >= 0.6 is 11.6 Å². The number of esters is 1. The van der Waals surface area contributed by atoms with E-state index in [0.717, 1.165) is 11.1 Å². The topological polar surface area (TPSA) is 55.4 Å². The molecule has 5 heteroatoms. The summed E-state index contributed by atoms with van der Waals surface area (Å²) in [5.74, 6) is -1.16. The SMILES string of the molecule is COC(=O)[C@@H](NC(C)=O)[C@H](c1ccccc1)c1ccc(Cl)cc1. The van der Waals surface area contributed by atoms with Crippen molar-refractivity contribution in [1.29, 1.82) is 0 Å². The third kappa shape index (κ3) is 4.33. The van der Waals surface area contributed by atoms with Crippen molar-refractivity contribution in [3.63, 3.8) is 0 Å². The van der Waals surface area contributed by atoms with Crippen molar-refractivity contribution in [3.05, 3.63) is 70.7 Å². The average molecular weight is 332 g/mol. The molecule has 2 rings (SSSR count). The molecule has 23 heavy (non-hydrogen) atoms. The van der Waals surface area contributed by atoms with Gasteiger partial charge in [-0.1, -0.05) is 54.1 Å². The summed E-state index contributed by atoms with van der Waals surface area (Å²) >= 11 is 5.95. The third-order valence-electron chi connectivity index (χ3n) is 3.54. The maximum absolute atomic E-state index is 12.2. The first-order valence-electron chi connectivity index (χ1n) is 7.18. The second-order valence-electron chi connectivity index (χ2n) is 5.14. The summed E-state index contributed by atoms with van der Waals surface area (Å²) in [5.41, 5.74) is 1.77. The molecule has 0 radical (unpaired) electrons. The Bertz CT molecular complexity index is 670. The molecular formula is C18H18ClNO3. The largest absolute Gasteiger partial charge is 0.467 e. The highest BCUT2D eigenvalue weighted by molar-refractivity contribution is 6.30. The molecule has 2 aromatic rings. The summed E-state index contributed by atoms with van der Waals surface area (Å²) in [7, 11) is 1.31. The van der Waals surface area contributed by atoms with Gasteiger partial charge >= 0.3 is 5.97 Å². The summed E-state index contributed by atoms with van der Waals surface area (Å²) < 4.78 is 4.88. The van der Waals surface area contributed by atoms with Crippen LogP contribution in [0.3, 0.4) is 0 Å². The van der Waals surface area contributed by atoms with Crippen molar-refractivity contribution >= 4 is 23.5 Å². The fraction of sp³-hybridized carbons (Fsp3) is 0.222. The highest BCUT2D eigenvalue weighted by Gasteiger charge is 2.32. The third-order valence-corrected chi connectivity index (χ3v) is 3.79. The molecule has 0 aliphatic carbocycles. The Hall–Kier alpha value is -2.33. The van der Waals surface area contributed by atoms with E-state index in [1.54, 1.807) is 12.1 Å². The van der Waals surface area contributed by atoms with Gasteiger partial charge in [-0.2, -0.15) is 0 Å². The molecule has 0 unspecified atom stereocenters. The minimum Gasteiger partial charge on any atom is -0.467 e. The van der Waals surface area contributed by atoms with Crippen LogP contribution in [-0.4, -0.2) is 25.0 Å². The van der Waals surface area contributed by atoms with E-state index in [-0.39, 0.29) is 11.8 Å². The fourth-order valence-corrected chi connectivity index (χ4v) is 2.66. The van der Waals surface area contributed by atoms with Gasteiger partial charge in [0.15, 0.2) is 0 Å².